The molecule has 0 fully saturated rings. The average Bonchev–Trinajstić information content (AvgIpc) is 2.50. The smallest absolute Gasteiger partial charge is 0.271 e. The van der Waals surface area contributed by atoms with Crippen LogP contribution in [0.4, 0.5) is 5.82 Å². The van der Waals surface area contributed by atoms with Gasteiger partial charge < -0.3 is 15.7 Å². The van der Waals surface area contributed by atoms with Gasteiger partial charge in [0.2, 0.25) is 0 Å². The van der Waals surface area contributed by atoms with Crippen LogP contribution in [0.2, 0.25) is 0 Å². The van der Waals surface area contributed by atoms with Gasteiger partial charge in [-0.3, -0.25) is 4.79 Å². The van der Waals surface area contributed by atoms with Crippen molar-refractivity contribution in [3.8, 4) is 5.75 Å². The molecule has 0 bridgehead atoms. The Labute approximate surface area is 123 Å². The standard InChI is InChI=1S/C15H18N4O2/c1-2-16-15(21)13-7-8-14(19-18-13)17-10-9-11-3-5-12(20)6-4-11/h3-8,20H,2,9-10H2,1H3,(H,16,21)(H,17,19). The fraction of sp³-hybridized carbons (Fsp3) is 0.267. The summed E-state index contributed by atoms with van der Waals surface area (Å²) in [6.07, 6.45) is 0.806. The van der Waals surface area contributed by atoms with Crippen LogP contribution in [-0.4, -0.2) is 34.3 Å². The van der Waals surface area contributed by atoms with E-state index < -0.39 is 0 Å². The summed E-state index contributed by atoms with van der Waals surface area (Å²) in [5, 5.41) is 22.9. The van der Waals surface area contributed by atoms with Crippen LogP contribution in [0.5, 0.6) is 5.75 Å². The Bertz CT molecular complexity index is 582. The van der Waals surface area contributed by atoms with Crippen molar-refractivity contribution in [1.29, 1.82) is 0 Å². The summed E-state index contributed by atoms with van der Waals surface area (Å²) in [6.45, 7) is 3.11. The van der Waals surface area contributed by atoms with Gasteiger partial charge in [0.1, 0.15) is 11.6 Å². The molecule has 1 aromatic heterocycles. The van der Waals surface area contributed by atoms with E-state index in [4.69, 9.17) is 0 Å². The van der Waals surface area contributed by atoms with E-state index in [1.54, 1.807) is 24.3 Å². The normalized spacial score (nSPS) is 10.1. The number of amides is 1. The number of benzene rings is 1. The lowest BCUT2D eigenvalue weighted by molar-refractivity contribution is 0.0950. The number of hydrogen-bond donors (Lipinski definition) is 3. The monoisotopic (exact) mass is 286 g/mol. The number of carbonyl (C=O) groups is 1. The highest BCUT2D eigenvalue weighted by Gasteiger charge is 2.06. The van der Waals surface area contributed by atoms with Crippen LogP contribution in [-0.2, 0) is 6.42 Å². The Kier molecular flexibility index (Phi) is 5.09. The molecular weight excluding hydrogens is 268 g/mol. The maximum absolute atomic E-state index is 11.5. The molecular formula is C15H18N4O2. The molecule has 110 valence electrons. The fourth-order valence-electron chi connectivity index (χ4n) is 1.80. The lowest BCUT2D eigenvalue weighted by Gasteiger charge is -2.06. The van der Waals surface area contributed by atoms with Crippen LogP contribution in [0.15, 0.2) is 36.4 Å². The Balaban J connectivity index is 1.83. The molecule has 0 spiro atoms. The van der Waals surface area contributed by atoms with E-state index in [1.165, 1.54) is 0 Å². The van der Waals surface area contributed by atoms with Gasteiger partial charge >= 0.3 is 0 Å². The maximum atomic E-state index is 11.5. The van der Waals surface area contributed by atoms with Gasteiger partial charge in [-0.05, 0) is 43.2 Å². The molecule has 1 amide bonds. The van der Waals surface area contributed by atoms with E-state index in [0.29, 0.717) is 24.6 Å². The molecule has 0 atom stereocenters. The van der Waals surface area contributed by atoms with Gasteiger partial charge in [-0.25, -0.2) is 0 Å². The van der Waals surface area contributed by atoms with Crippen LogP contribution >= 0.6 is 0 Å². The second kappa shape index (κ2) is 7.23. The van der Waals surface area contributed by atoms with Crippen LogP contribution in [0.1, 0.15) is 23.0 Å². The third-order valence-corrected chi connectivity index (χ3v) is 2.89. The number of aromatic nitrogens is 2. The zero-order valence-electron chi connectivity index (χ0n) is 11.8. The number of hydrogen-bond acceptors (Lipinski definition) is 5. The number of aromatic hydroxyl groups is 1. The van der Waals surface area contributed by atoms with Gasteiger partial charge in [0.05, 0.1) is 0 Å². The topological polar surface area (TPSA) is 87.1 Å². The zero-order valence-corrected chi connectivity index (χ0v) is 11.8. The van der Waals surface area contributed by atoms with Crippen molar-refractivity contribution < 1.29 is 9.90 Å². The third-order valence-electron chi connectivity index (χ3n) is 2.89. The lowest BCUT2D eigenvalue weighted by Crippen LogP contribution is -2.24. The quantitative estimate of drug-likeness (QED) is 0.750. The molecule has 0 unspecified atom stereocenters. The summed E-state index contributed by atoms with van der Waals surface area (Å²) >= 11 is 0. The Morgan fingerprint density at radius 2 is 1.90 bits per heavy atom. The molecule has 0 aliphatic carbocycles. The van der Waals surface area contributed by atoms with Crippen molar-refractivity contribution >= 4 is 11.7 Å². The highest BCUT2D eigenvalue weighted by atomic mass is 16.3. The average molecular weight is 286 g/mol. The molecule has 6 heteroatoms. The molecule has 21 heavy (non-hydrogen) atoms. The van der Waals surface area contributed by atoms with Crippen LogP contribution in [0, 0.1) is 0 Å². The summed E-state index contributed by atoms with van der Waals surface area (Å²) < 4.78 is 0. The number of phenolic OH excluding ortho intramolecular Hbond substituents is 1. The van der Waals surface area contributed by atoms with Crippen molar-refractivity contribution in [2.24, 2.45) is 0 Å². The zero-order chi connectivity index (χ0) is 15.1. The third kappa shape index (κ3) is 4.45. The molecule has 2 aromatic rings. The van der Waals surface area contributed by atoms with Crippen molar-refractivity contribution in [1.82, 2.24) is 15.5 Å². The highest BCUT2D eigenvalue weighted by molar-refractivity contribution is 5.92. The van der Waals surface area contributed by atoms with E-state index in [1.807, 2.05) is 19.1 Å². The molecule has 0 saturated heterocycles. The summed E-state index contributed by atoms with van der Waals surface area (Å²) in [4.78, 5) is 11.5. The number of phenols is 1. The molecule has 1 aromatic carbocycles. The van der Waals surface area contributed by atoms with E-state index in [9.17, 15) is 9.90 Å². The Hall–Kier alpha value is -2.63. The van der Waals surface area contributed by atoms with Gasteiger partial charge in [-0.1, -0.05) is 12.1 Å². The van der Waals surface area contributed by atoms with Crippen molar-refractivity contribution in [2.45, 2.75) is 13.3 Å². The minimum Gasteiger partial charge on any atom is -0.508 e. The molecule has 0 aliphatic rings. The lowest BCUT2D eigenvalue weighted by atomic mass is 10.1. The summed E-state index contributed by atoms with van der Waals surface area (Å²) in [7, 11) is 0. The second-order valence-electron chi connectivity index (χ2n) is 4.51. The minimum atomic E-state index is -0.222. The molecule has 2 rings (SSSR count). The number of carbonyl (C=O) groups excluding carboxylic acids is 1. The maximum Gasteiger partial charge on any atom is 0.271 e. The van der Waals surface area contributed by atoms with Crippen LogP contribution < -0.4 is 10.6 Å². The van der Waals surface area contributed by atoms with Crippen LogP contribution in [0.25, 0.3) is 0 Å². The largest absolute Gasteiger partial charge is 0.508 e. The van der Waals surface area contributed by atoms with Crippen molar-refractivity contribution in [3.05, 3.63) is 47.7 Å². The highest BCUT2D eigenvalue weighted by Crippen LogP contribution is 2.10. The number of nitrogens with one attached hydrogen (secondary N) is 2. The summed E-state index contributed by atoms with van der Waals surface area (Å²) in [5.41, 5.74) is 1.42. The predicted molar refractivity (Wildman–Crippen MR) is 80.3 cm³/mol. The van der Waals surface area contributed by atoms with E-state index >= 15 is 0 Å². The Morgan fingerprint density at radius 3 is 2.52 bits per heavy atom. The van der Waals surface area contributed by atoms with Gasteiger partial charge in [0.15, 0.2) is 5.69 Å². The number of nitrogens with zero attached hydrogens (tertiary/aromatic N) is 2. The molecule has 0 aliphatic heterocycles. The second-order valence-corrected chi connectivity index (χ2v) is 4.51. The van der Waals surface area contributed by atoms with Crippen LogP contribution in [0.3, 0.4) is 0 Å². The SMILES string of the molecule is CCNC(=O)c1ccc(NCCc2ccc(O)cc2)nn1. The molecule has 0 radical (unpaired) electrons. The van der Waals surface area contributed by atoms with Crippen molar-refractivity contribution in [2.75, 3.05) is 18.4 Å². The predicted octanol–water partition coefficient (Wildman–Crippen LogP) is 1.59. The van der Waals surface area contributed by atoms with Gasteiger partial charge in [0, 0.05) is 13.1 Å². The number of anilines is 1. The van der Waals surface area contributed by atoms with Crippen molar-refractivity contribution in [3.63, 3.8) is 0 Å². The van der Waals surface area contributed by atoms with E-state index in [0.717, 1.165) is 12.0 Å². The fourth-order valence-corrected chi connectivity index (χ4v) is 1.80. The molecule has 3 N–H and O–H groups in total. The number of rotatable bonds is 6. The van der Waals surface area contributed by atoms with Gasteiger partial charge in [0.25, 0.3) is 5.91 Å². The molecule has 0 saturated carbocycles. The molecule has 6 nitrogen and oxygen atoms in total. The van der Waals surface area contributed by atoms with Gasteiger partial charge in [-0.2, -0.15) is 0 Å². The summed E-state index contributed by atoms with van der Waals surface area (Å²) in [5.74, 6) is 0.668. The van der Waals surface area contributed by atoms with Gasteiger partial charge in [-0.15, -0.1) is 10.2 Å². The minimum absolute atomic E-state index is 0.222. The first-order valence-electron chi connectivity index (χ1n) is 6.82. The first-order chi connectivity index (χ1) is 10.2. The summed E-state index contributed by atoms with van der Waals surface area (Å²) in [6, 6.07) is 10.4. The van der Waals surface area contributed by atoms with E-state index in [2.05, 4.69) is 20.8 Å². The molecule has 1 heterocycles. The first kappa shape index (κ1) is 14.8. The van der Waals surface area contributed by atoms with E-state index in [-0.39, 0.29) is 11.7 Å². The Morgan fingerprint density at radius 1 is 1.14 bits per heavy atom. The first-order valence-corrected chi connectivity index (χ1v) is 6.82.